The van der Waals surface area contributed by atoms with Crippen LogP contribution in [-0.4, -0.2) is 23.9 Å². The molecule has 20 heavy (non-hydrogen) atoms. The maximum atomic E-state index is 5.70. The third-order valence-corrected chi connectivity index (χ3v) is 2.61. The second-order valence-electron chi connectivity index (χ2n) is 4.10. The number of fused-ring (bicyclic) bond motifs is 1. The Labute approximate surface area is 115 Å². The first-order chi connectivity index (χ1) is 9.74. The van der Waals surface area contributed by atoms with E-state index in [9.17, 15) is 0 Å². The van der Waals surface area contributed by atoms with E-state index in [1.54, 1.807) is 31.4 Å². The van der Waals surface area contributed by atoms with Crippen molar-refractivity contribution in [1.82, 2.24) is 9.97 Å². The average Bonchev–Trinajstić information content (AvgIpc) is 2.85. The predicted octanol–water partition coefficient (Wildman–Crippen LogP) is 1.73. The predicted molar refractivity (Wildman–Crippen MR) is 69.8 cm³/mol. The minimum Gasteiger partial charge on any atom is -0.454 e. The number of nitrogens with zero attached hydrogens (tertiary/aromatic N) is 2. The molecule has 7 heteroatoms. The van der Waals surface area contributed by atoms with Gasteiger partial charge in [-0.2, -0.15) is 4.98 Å². The van der Waals surface area contributed by atoms with Crippen molar-refractivity contribution >= 4 is 5.82 Å². The molecule has 0 saturated heterocycles. The molecule has 2 aromatic rings. The minimum absolute atomic E-state index is 0.219. The fraction of sp³-hybridized carbons (Fsp3) is 0.231. The summed E-state index contributed by atoms with van der Waals surface area (Å²) < 4.78 is 21.1. The summed E-state index contributed by atoms with van der Waals surface area (Å²) in [7, 11) is 1.56. The summed E-state index contributed by atoms with van der Waals surface area (Å²) in [5.41, 5.74) is 5.70. The lowest BCUT2D eigenvalue weighted by atomic mass is 10.3. The standard InChI is InChI=1S/C13H13N3O4/c1-17-6-12-15-11(14)5-13(16-12)20-8-2-3-9-10(4-8)19-7-18-9/h2-5H,6-7H2,1H3,(H2,14,15,16). The Morgan fingerprint density at radius 1 is 1.20 bits per heavy atom. The van der Waals surface area contributed by atoms with Crippen molar-refractivity contribution in [1.29, 1.82) is 0 Å². The van der Waals surface area contributed by atoms with E-state index in [2.05, 4.69) is 9.97 Å². The number of ether oxygens (including phenoxy) is 4. The minimum atomic E-state index is 0.219. The zero-order chi connectivity index (χ0) is 13.9. The molecule has 1 aliphatic heterocycles. The fourth-order valence-electron chi connectivity index (χ4n) is 1.80. The molecule has 0 spiro atoms. The lowest BCUT2D eigenvalue weighted by Crippen LogP contribution is -2.02. The Morgan fingerprint density at radius 3 is 2.90 bits per heavy atom. The fourth-order valence-corrected chi connectivity index (χ4v) is 1.80. The smallest absolute Gasteiger partial charge is 0.231 e. The topological polar surface area (TPSA) is 88.7 Å². The SMILES string of the molecule is COCc1nc(N)cc(Oc2ccc3c(c2)OCO3)n1. The molecule has 0 fully saturated rings. The number of aromatic nitrogens is 2. The number of benzene rings is 1. The molecule has 0 unspecified atom stereocenters. The van der Waals surface area contributed by atoms with Gasteiger partial charge in [0.2, 0.25) is 12.7 Å². The van der Waals surface area contributed by atoms with Gasteiger partial charge in [0.1, 0.15) is 18.2 Å². The quantitative estimate of drug-likeness (QED) is 0.908. The van der Waals surface area contributed by atoms with Crippen LogP contribution in [0.4, 0.5) is 5.82 Å². The molecule has 1 aliphatic rings. The largest absolute Gasteiger partial charge is 0.454 e. The molecule has 0 bridgehead atoms. The maximum absolute atomic E-state index is 5.70. The van der Waals surface area contributed by atoms with E-state index >= 15 is 0 Å². The van der Waals surface area contributed by atoms with E-state index in [0.717, 1.165) is 0 Å². The summed E-state index contributed by atoms with van der Waals surface area (Å²) in [6, 6.07) is 6.82. The highest BCUT2D eigenvalue weighted by atomic mass is 16.7. The summed E-state index contributed by atoms with van der Waals surface area (Å²) >= 11 is 0. The van der Waals surface area contributed by atoms with Gasteiger partial charge in [-0.15, -0.1) is 0 Å². The third-order valence-electron chi connectivity index (χ3n) is 2.61. The van der Waals surface area contributed by atoms with Crippen molar-refractivity contribution in [2.75, 3.05) is 19.6 Å². The van der Waals surface area contributed by atoms with Gasteiger partial charge in [0.15, 0.2) is 17.3 Å². The zero-order valence-corrected chi connectivity index (χ0v) is 10.8. The first-order valence-corrected chi connectivity index (χ1v) is 5.94. The number of nitrogen functional groups attached to an aromatic ring is 1. The lowest BCUT2D eigenvalue weighted by molar-refractivity contribution is 0.174. The summed E-state index contributed by atoms with van der Waals surface area (Å²) in [6.45, 7) is 0.486. The summed E-state index contributed by atoms with van der Waals surface area (Å²) in [4.78, 5) is 8.24. The van der Waals surface area contributed by atoms with Crippen LogP contribution in [0, 0.1) is 0 Å². The van der Waals surface area contributed by atoms with E-state index in [1.807, 2.05) is 0 Å². The van der Waals surface area contributed by atoms with Gasteiger partial charge < -0.3 is 24.7 Å². The van der Waals surface area contributed by atoms with Crippen LogP contribution in [0.25, 0.3) is 0 Å². The Morgan fingerprint density at radius 2 is 2.05 bits per heavy atom. The molecule has 0 saturated carbocycles. The summed E-state index contributed by atoms with van der Waals surface area (Å²) in [6.07, 6.45) is 0. The van der Waals surface area contributed by atoms with E-state index in [4.69, 9.17) is 24.7 Å². The zero-order valence-electron chi connectivity index (χ0n) is 10.8. The van der Waals surface area contributed by atoms with Crippen LogP contribution < -0.4 is 19.9 Å². The Kier molecular flexibility index (Phi) is 3.26. The van der Waals surface area contributed by atoms with E-state index < -0.39 is 0 Å². The number of hydrogen-bond acceptors (Lipinski definition) is 7. The molecule has 2 N–H and O–H groups in total. The van der Waals surface area contributed by atoms with Crippen molar-refractivity contribution in [3.63, 3.8) is 0 Å². The highest BCUT2D eigenvalue weighted by Crippen LogP contribution is 2.36. The van der Waals surface area contributed by atoms with Gasteiger partial charge in [-0.25, -0.2) is 4.98 Å². The van der Waals surface area contributed by atoms with Crippen molar-refractivity contribution in [2.24, 2.45) is 0 Å². The van der Waals surface area contributed by atoms with Gasteiger partial charge in [0.05, 0.1) is 0 Å². The second-order valence-corrected chi connectivity index (χ2v) is 4.10. The van der Waals surface area contributed by atoms with Crippen molar-refractivity contribution in [2.45, 2.75) is 6.61 Å². The lowest BCUT2D eigenvalue weighted by Gasteiger charge is -2.07. The van der Waals surface area contributed by atoms with Crippen LogP contribution in [0.3, 0.4) is 0 Å². The molecule has 0 atom stereocenters. The molecular weight excluding hydrogens is 262 g/mol. The van der Waals surface area contributed by atoms with Gasteiger partial charge in [-0.1, -0.05) is 0 Å². The normalized spacial score (nSPS) is 12.4. The summed E-state index contributed by atoms with van der Waals surface area (Å²) in [5.74, 6) is 3.05. The third kappa shape index (κ3) is 2.57. The number of anilines is 1. The molecule has 1 aromatic heterocycles. The van der Waals surface area contributed by atoms with Crippen LogP contribution in [0.1, 0.15) is 5.82 Å². The number of nitrogens with two attached hydrogens (primary N) is 1. The number of hydrogen-bond donors (Lipinski definition) is 1. The van der Waals surface area contributed by atoms with E-state index in [-0.39, 0.29) is 13.4 Å². The molecule has 0 radical (unpaired) electrons. The highest BCUT2D eigenvalue weighted by molar-refractivity contribution is 5.48. The van der Waals surface area contributed by atoms with Gasteiger partial charge in [0, 0.05) is 19.2 Å². The Hall–Kier alpha value is -2.54. The van der Waals surface area contributed by atoms with E-state index in [0.29, 0.717) is 34.8 Å². The molecule has 7 nitrogen and oxygen atoms in total. The van der Waals surface area contributed by atoms with Crippen LogP contribution in [0.15, 0.2) is 24.3 Å². The maximum Gasteiger partial charge on any atom is 0.231 e. The monoisotopic (exact) mass is 275 g/mol. The Balaban J connectivity index is 1.83. The Bertz CT molecular complexity index is 633. The van der Waals surface area contributed by atoms with E-state index in [1.165, 1.54) is 0 Å². The van der Waals surface area contributed by atoms with Crippen molar-refractivity contribution in [3.05, 3.63) is 30.1 Å². The number of rotatable bonds is 4. The van der Waals surface area contributed by atoms with Gasteiger partial charge in [-0.3, -0.25) is 0 Å². The molecule has 0 aliphatic carbocycles. The molecule has 104 valence electrons. The van der Waals surface area contributed by atoms with Gasteiger partial charge >= 0.3 is 0 Å². The van der Waals surface area contributed by atoms with Crippen molar-refractivity contribution in [3.8, 4) is 23.1 Å². The molecular formula is C13H13N3O4. The van der Waals surface area contributed by atoms with Crippen LogP contribution in [0.5, 0.6) is 23.1 Å². The van der Waals surface area contributed by atoms with Crippen molar-refractivity contribution < 1.29 is 18.9 Å². The first kappa shape index (κ1) is 12.5. The van der Waals surface area contributed by atoms with Crippen LogP contribution >= 0.6 is 0 Å². The molecule has 2 heterocycles. The summed E-state index contributed by atoms with van der Waals surface area (Å²) in [5, 5.41) is 0. The first-order valence-electron chi connectivity index (χ1n) is 5.94. The van der Waals surface area contributed by atoms with Gasteiger partial charge in [-0.05, 0) is 12.1 Å². The number of methoxy groups -OCH3 is 1. The van der Waals surface area contributed by atoms with Crippen LogP contribution in [-0.2, 0) is 11.3 Å². The van der Waals surface area contributed by atoms with Gasteiger partial charge in [0.25, 0.3) is 0 Å². The molecule has 1 aromatic carbocycles. The average molecular weight is 275 g/mol. The highest BCUT2D eigenvalue weighted by Gasteiger charge is 2.14. The molecule has 3 rings (SSSR count). The second kappa shape index (κ2) is 5.22. The van der Waals surface area contributed by atoms with Crippen LogP contribution in [0.2, 0.25) is 0 Å². The molecule has 0 amide bonds.